The van der Waals surface area contributed by atoms with Crippen molar-refractivity contribution in [2.45, 2.75) is 74.6 Å². The number of aromatic nitrogens is 1. The summed E-state index contributed by atoms with van der Waals surface area (Å²) in [5, 5.41) is 14.7. The highest BCUT2D eigenvalue weighted by Crippen LogP contribution is 2.21. The summed E-state index contributed by atoms with van der Waals surface area (Å²) in [6.45, 7) is 3.25. The van der Waals surface area contributed by atoms with E-state index in [1.54, 1.807) is 72.9 Å². The van der Waals surface area contributed by atoms with Crippen LogP contribution in [0.4, 0.5) is 0 Å². The molecule has 1 aliphatic heterocycles. The molecule has 6 rings (SSSR count). The van der Waals surface area contributed by atoms with Crippen LogP contribution in [-0.2, 0) is 46.8 Å². The summed E-state index contributed by atoms with van der Waals surface area (Å²) in [6, 6.07) is 25.0. The number of carbonyl (C=O) groups is 5. The summed E-state index contributed by atoms with van der Waals surface area (Å²) in [6.07, 6.45) is 1.93. The molecule has 0 bridgehead atoms. The first-order chi connectivity index (χ1) is 29.3. The molecule has 16 nitrogen and oxygen atoms in total. The highest BCUT2D eigenvalue weighted by atomic mass is 32.2. The van der Waals surface area contributed by atoms with Gasteiger partial charge in [0.2, 0.25) is 35.5 Å². The van der Waals surface area contributed by atoms with Crippen LogP contribution in [0.3, 0.4) is 0 Å². The Morgan fingerprint density at radius 3 is 1.98 bits per heavy atom. The van der Waals surface area contributed by atoms with Gasteiger partial charge in [0.05, 0.1) is 4.90 Å². The summed E-state index contributed by atoms with van der Waals surface area (Å²) in [5.74, 6) is -3.84. The van der Waals surface area contributed by atoms with E-state index in [1.165, 1.54) is 19.1 Å². The van der Waals surface area contributed by atoms with Crippen LogP contribution >= 0.6 is 0 Å². The number of rotatable bonds is 11. The number of nitrogens with zero attached hydrogens (tertiary/aromatic N) is 1. The van der Waals surface area contributed by atoms with Crippen molar-refractivity contribution in [1.82, 2.24) is 36.3 Å². The lowest BCUT2D eigenvalue weighted by Crippen LogP contribution is -2.57. The number of fused-ring (bicyclic) bond motifs is 1. The fourth-order valence-corrected chi connectivity index (χ4v) is 7.84. The molecule has 61 heavy (non-hydrogen) atoms. The molecular formula is C44H49N9O7S. The van der Waals surface area contributed by atoms with E-state index >= 15 is 0 Å². The van der Waals surface area contributed by atoms with Crippen molar-refractivity contribution >= 4 is 56.4 Å². The average molecular weight is 848 g/mol. The molecule has 0 saturated carbocycles. The van der Waals surface area contributed by atoms with Crippen molar-refractivity contribution in [3.05, 3.63) is 138 Å². The molecule has 5 unspecified atom stereocenters. The van der Waals surface area contributed by atoms with Crippen LogP contribution in [0.15, 0.2) is 125 Å². The fourth-order valence-electron chi connectivity index (χ4n) is 6.89. The Bertz CT molecular complexity index is 2490. The van der Waals surface area contributed by atoms with Crippen molar-refractivity contribution in [3.8, 4) is 0 Å². The first kappa shape index (κ1) is 43.6. The second-order valence-electron chi connectivity index (χ2n) is 14.8. The van der Waals surface area contributed by atoms with Crippen molar-refractivity contribution in [2.75, 3.05) is 6.54 Å². The number of amides is 5. The topological polar surface area (TPSA) is 246 Å². The number of carbonyl (C=O) groups excluding carboxylic acids is 5. The molecule has 1 fully saturated rings. The Morgan fingerprint density at radius 1 is 0.672 bits per heavy atom. The summed E-state index contributed by atoms with van der Waals surface area (Å²) in [4.78, 5) is 77.8. The van der Waals surface area contributed by atoms with Gasteiger partial charge in [-0.3, -0.25) is 29.0 Å². The Labute approximate surface area is 353 Å². The maximum Gasteiger partial charge on any atom is 0.264 e. The zero-order valence-electron chi connectivity index (χ0n) is 33.7. The number of aliphatic imine (C=N–C) groups is 1. The number of para-hydroxylation sites is 1. The van der Waals surface area contributed by atoms with E-state index in [-0.39, 0.29) is 43.1 Å². The highest BCUT2D eigenvalue weighted by molar-refractivity contribution is 7.90. The molecule has 17 heteroatoms. The molecule has 0 aliphatic carbocycles. The molecule has 4 aromatic carbocycles. The Hall–Kier alpha value is -7.01. The normalized spacial score (nSPS) is 20.9. The van der Waals surface area contributed by atoms with Crippen molar-refractivity contribution < 1.29 is 32.4 Å². The molecule has 1 saturated heterocycles. The first-order valence-corrected chi connectivity index (χ1v) is 21.3. The smallest absolute Gasteiger partial charge is 0.264 e. The van der Waals surface area contributed by atoms with Gasteiger partial charge in [-0.05, 0) is 61.6 Å². The van der Waals surface area contributed by atoms with Crippen LogP contribution in [0.2, 0.25) is 0 Å². The van der Waals surface area contributed by atoms with Gasteiger partial charge in [-0.15, -0.1) is 0 Å². The van der Waals surface area contributed by atoms with Crippen LogP contribution in [0.25, 0.3) is 10.9 Å². The zero-order chi connectivity index (χ0) is 43.5. The predicted molar refractivity (Wildman–Crippen MR) is 230 cm³/mol. The van der Waals surface area contributed by atoms with Gasteiger partial charge in [0.15, 0.2) is 0 Å². The molecule has 5 atom stereocenters. The van der Waals surface area contributed by atoms with Gasteiger partial charge < -0.3 is 37.3 Å². The number of nitrogens with one attached hydrogen (secondary N) is 7. The zero-order valence-corrected chi connectivity index (χ0v) is 34.5. The molecular weight excluding hydrogens is 799 g/mol. The minimum atomic E-state index is -4.02. The Morgan fingerprint density at radius 2 is 1.26 bits per heavy atom. The maximum absolute atomic E-state index is 14.4. The van der Waals surface area contributed by atoms with E-state index < -0.39 is 69.8 Å². The number of hydrogen-bond acceptors (Lipinski definition) is 8. The van der Waals surface area contributed by atoms with Crippen molar-refractivity contribution in [1.29, 1.82) is 0 Å². The third-order valence-electron chi connectivity index (χ3n) is 10.2. The molecule has 9 N–H and O–H groups in total. The minimum absolute atomic E-state index is 0.000885. The molecule has 5 aromatic rings. The second kappa shape index (κ2) is 19.8. The van der Waals surface area contributed by atoms with Crippen LogP contribution in [0.1, 0.15) is 48.1 Å². The predicted octanol–water partition coefficient (Wildman–Crippen LogP) is 2.17. The summed E-state index contributed by atoms with van der Waals surface area (Å²) < 4.78 is 27.9. The Balaban J connectivity index is 1.30. The highest BCUT2D eigenvalue weighted by Gasteiger charge is 2.34. The average Bonchev–Trinajstić information content (AvgIpc) is 3.65. The Kier molecular flexibility index (Phi) is 14.2. The third kappa shape index (κ3) is 11.6. The van der Waals surface area contributed by atoms with E-state index in [0.717, 1.165) is 22.0 Å². The van der Waals surface area contributed by atoms with Gasteiger partial charge in [-0.25, -0.2) is 13.1 Å². The SMILES string of the molecule is Cc1ccc(S(=O)(=O)NC(N)=NCCCC2NC(=O)C(c3ccccc3)NC(=O)C(Cc3c[nH]c4ccccc34)NC(=O)C(C)NC(=O)C(Cc3ccccc3)NC2=O)cc1. The monoisotopic (exact) mass is 847 g/mol. The van der Waals surface area contributed by atoms with Gasteiger partial charge in [-0.1, -0.05) is 96.6 Å². The van der Waals surface area contributed by atoms with Crippen LogP contribution in [0, 0.1) is 6.92 Å². The molecule has 5 amide bonds. The minimum Gasteiger partial charge on any atom is -0.369 e. The number of aromatic amines is 1. The molecule has 318 valence electrons. The fraction of sp³-hybridized carbons (Fsp3) is 0.273. The molecule has 0 radical (unpaired) electrons. The lowest BCUT2D eigenvalue weighted by atomic mass is 10.0. The summed E-state index contributed by atoms with van der Waals surface area (Å²) in [5.41, 5.74) is 9.51. The quantitative estimate of drug-likeness (QED) is 0.0555. The summed E-state index contributed by atoms with van der Waals surface area (Å²) in [7, 11) is -4.02. The lowest BCUT2D eigenvalue weighted by Gasteiger charge is -2.26. The molecule has 2 heterocycles. The van der Waals surface area contributed by atoms with Gasteiger partial charge in [0.25, 0.3) is 10.0 Å². The standard InChI is InChI=1S/C44H49N9O7S/c1-27-19-21-32(22-20-27)61(59,60)53-44(45)46-23-11-18-35-40(55)51-36(24-29-12-5-3-6-13-29)41(56)48-28(2)39(54)50-37(25-31-26-47-34-17-10-9-16-33(31)34)42(57)52-38(43(58)49-35)30-14-7-4-8-15-30/h3-10,12-17,19-22,26,28,35-38,47H,11,18,23-25H2,1-2H3,(H,48,56)(H,49,58)(H,50,54)(H,51,55)(H,52,57)(H3,45,46,53). The lowest BCUT2D eigenvalue weighted by molar-refractivity contribution is -0.134. The van der Waals surface area contributed by atoms with Crippen LogP contribution < -0.4 is 37.0 Å². The number of guanidine groups is 1. The van der Waals surface area contributed by atoms with E-state index in [1.807, 2.05) is 37.3 Å². The van der Waals surface area contributed by atoms with E-state index in [9.17, 15) is 32.4 Å². The summed E-state index contributed by atoms with van der Waals surface area (Å²) >= 11 is 0. The number of hydrogen-bond donors (Lipinski definition) is 8. The number of aryl methyl sites for hydroxylation is 1. The number of nitrogens with two attached hydrogens (primary N) is 1. The molecule has 1 aliphatic rings. The van der Waals surface area contributed by atoms with Gasteiger partial charge in [0.1, 0.15) is 30.2 Å². The van der Waals surface area contributed by atoms with E-state index in [4.69, 9.17) is 5.73 Å². The van der Waals surface area contributed by atoms with Gasteiger partial charge in [-0.2, -0.15) is 0 Å². The van der Waals surface area contributed by atoms with Crippen molar-refractivity contribution in [2.24, 2.45) is 10.7 Å². The molecule has 1 aromatic heterocycles. The largest absolute Gasteiger partial charge is 0.369 e. The maximum atomic E-state index is 14.4. The van der Waals surface area contributed by atoms with Crippen molar-refractivity contribution in [3.63, 3.8) is 0 Å². The number of benzene rings is 4. The molecule has 0 spiro atoms. The van der Waals surface area contributed by atoms with Crippen LogP contribution in [-0.4, -0.2) is 79.6 Å². The number of sulfonamides is 1. The first-order valence-electron chi connectivity index (χ1n) is 19.8. The second-order valence-corrected chi connectivity index (χ2v) is 16.5. The van der Waals surface area contributed by atoms with Crippen LogP contribution in [0.5, 0.6) is 0 Å². The van der Waals surface area contributed by atoms with Gasteiger partial charge in [0, 0.05) is 36.5 Å². The van der Waals surface area contributed by atoms with E-state index in [0.29, 0.717) is 11.1 Å². The third-order valence-corrected chi connectivity index (χ3v) is 11.6. The number of H-pyrrole nitrogens is 1. The van der Waals surface area contributed by atoms with Gasteiger partial charge >= 0.3 is 0 Å². The van der Waals surface area contributed by atoms with E-state index in [2.05, 4.69) is 41.3 Å².